The average Bonchev–Trinajstić information content (AvgIpc) is 2.66. The van der Waals surface area contributed by atoms with Crippen molar-refractivity contribution in [3.8, 4) is 5.75 Å². The van der Waals surface area contributed by atoms with Crippen LogP contribution in [0.25, 0.3) is 0 Å². The summed E-state index contributed by atoms with van der Waals surface area (Å²) in [4.78, 5) is 14.6. The Kier molecular flexibility index (Phi) is 5.53. The Labute approximate surface area is 164 Å². The molecule has 9 heteroatoms. The van der Waals surface area contributed by atoms with Crippen LogP contribution in [-0.2, 0) is 18.9 Å². The minimum Gasteiger partial charge on any atom is -0.496 e. The van der Waals surface area contributed by atoms with Crippen molar-refractivity contribution in [3.63, 3.8) is 0 Å². The number of alkyl halides is 5. The molecule has 0 aliphatic carbocycles. The van der Waals surface area contributed by atoms with Gasteiger partial charge in [-0.05, 0) is 54.9 Å². The topological polar surface area (TPSA) is 41.6 Å². The highest BCUT2D eigenvalue weighted by atomic mass is 19.4. The summed E-state index contributed by atoms with van der Waals surface area (Å²) in [5.41, 5.74) is 0.865. The lowest BCUT2D eigenvalue weighted by molar-refractivity contribution is -0.289. The van der Waals surface area contributed by atoms with E-state index >= 15 is 0 Å². The van der Waals surface area contributed by atoms with Gasteiger partial charge in [-0.1, -0.05) is 6.07 Å². The lowest BCUT2D eigenvalue weighted by Crippen LogP contribution is -2.34. The van der Waals surface area contributed by atoms with E-state index < -0.39 is 29.3 Å². The highest BCUT2D eigenvalue weighted by molar-refractivity contribution is 6.04. The first-order chi connectivity index (χ1) is 13.5. The van der Waals surface area contributed by atoms with Gasteiger partial charge in [-0.3, -0.25) is 4.79 Å². The molecule has 1 aliphatic heterocycles. The van der Waals surface area contributed by atoms with Crippen molar-refractivity contribution in [2.45, 2.75) is 25.1 Å². The molecule has 2 aromatic carbocycles. The molecule has 0 bridgehead atoms. The summed E-state index contributed by atoms with van der Waals surface area (Å²) in [5.74, 6) is -6.61. The summed E-state index contributed by atoms with van der Waals surface area (Å²) >= 11 is 0. The maximum atomic E-state index is 13.9. The number of likely N-dealkylation sites (N-methyl/N-ethyl adjacent to an activating group) is 1. The van der Waals surface area contributed by atoms with Gasteiger partial charge in [0.1, 0.15) is 5.75 Å². The summed E-state index contributed by atoms with van der Waals surface area (Å²) in [6.45, 7) is 1.62. The SMILES string of the molecule is COc1ccc(C(=O)Nc2ccc3c(c2)CN(C)CC3)cc1C(F)(F)C(F)(F)F. The fourth-order valence-corrected chi connectivity index (χ4v) is 3.23. The lowest BCUT2D eigenvalue weighted by Gasteiger charge is -2.25. The number of methoxy groups -OCH3 is 1. The van der Waals surface area contributed by atoms with Crippen LogP contribution >= 0.6 is 0 Å². The predicted molar refractivity (Wildman–Crippen MR) is 97.4 cm³/mol. The van der Waals surface area contributed by atoms with Crippen molar-refractivity contribution in [2.75, 3.05) is 26.0 Å². The summed E-state index contributed by atoms with van der Waals surface area (Å²) in [5, 5.41) is 2.55. The first-order valence-electron chi connectivity index (χ1n) is 8.77. The number of fused-ring (bicyclic) bond motifs is 1. The van der Waals surface area contributed by atoms with Gasteiger partial charge in [-0.15, -0.1) is 0 Å². The molecule has 1 aliphatic rings. The number of ether oxygens (including phenoxy) is 1. The van der Waals surface area contributed by atoms with Crippen LogP contribution in [0, 0.1) is 0 Å². The monoisotopic (exact) mass is 414 g/mol. The van der Waals surface area contributed by atoms with E-state index in [-0.39, 0.29) is 5.56 Å². The van der Waals surface area contributed by atoms with Crippen LogP contribution < -0.4 is 10.1 Å². The number of nitrogens with one attached hydrogen (secondary N) is 1. The fourth-order valence-electron chi connectivity index (χ4n) is 3.23. The maximum Gasteiger partial charge on any atom is 0.458 e. The van der Waals surface area contributed by atoms with Gasteiger partial charge in [0.05, 0.1) is 12.7 Å². The smallest absolute Gasteiger partial charge is 0.458 e. The molecular formula is C20H19F5N2O2. The molecule has 0 atom stereocenters. The van der Waals surface area contributed by atoms with E-state index in [1.54, 1.807) is 12.1 Å². The molecule has 2 aromatic rings. The highest BCUT2D eigenvalue weighted by Gasteiger charge is 2.60. The van der Waals surface area contributed by atoms with Crippen molar-refractivity contribution in [1.29, 1.82) is 0 Å². The fraction of sp³-hybridized carbons (Fsp3) is 0.350. The lowest BCUT2D eigenvalue weighted by atomic mass is 9.99. The van der Waals surface area contributed by atoms with Crippen molar-refractivity contribution >= 4 is 11.6 Å². The van der Waals surface area contributed by atoms with Crippen molar-refractivity contribution < 1.29 is 31.5 Å². The maximum absolute atomic E-state index is 13.9. The van der Waals surface area contributed by atoms with E-state index in [0.29, 0.717) is 18.3 Å². The van der Waals surface area contributed by atoms with Crippen LogP contribution in [0.15, 0.2) is 36.4 Å². The van der Waals surface area contributed by atoms with E-state index in [4.69, 9.17) is 0 Å². The van der Waals surface area contributed by atoms with Gasteiger partial charge in [0, 0.05) is 24.3 Å². The number of carbonyl (C=O) groups is 1. The third-order valence-corrected chi connectivity index (χ3v) is 4.82. The van der Waals surface area contributed by atoms with Gasteiger partial charge < -0.3 is 15.0 Å². The Morgan fingerprint density at radius 2 is 1.79 bits per heavy atom. The second-order valence-electron chi connectivity index (χ2n) is 6.91. The molecule has 156 valence electrons. The molecular weight excluding hydrogens is 395 g/mol. The molecule has 3 rings (SSSR count). The summed E-state index contributed by atoms with van der Waals surface area (Å²) in [6, 6.07) is 7.89. The minimum atomic E-state index is -5.82. The number of benzene rings is 2. The van der Waals surface area contributed by atoms with Gasteiger partial charge in [-0.2, -0.15) is 22.0 Å². The molecule has 1 amide bonds. The molecule has 1 N–H and O–H groups in total. The first kappa shape index (κ1) is 21.0. The molecule has 29 heavy (non-hydrogen) atoms. The quantitative estimate of drug-likeness (QED) is 0.745. The molecule has 4 nitrogen and oxygen atoms in total. The van der Waals surface area contributed by atoms with E-state index in [9.17, 15) is 26.7 Å². The van der Waals surface area contributed by atoms with Crippen LogP contribution in [0.5, 0.6) is 5.75 Å². The van der Waals surface area contributed by atoms with E-state index in [2.05, 4.69) is 15.0 Å². The number of halogens is 5. The van der Waals surface area contributed by atoms with Crippen LogP contribution in [-0.4, -0.2) is 37.7 Å². The number of nitrogens with zero attached hydrogens (tertiary/aromatic N) is 1. The summed E-state index contributed by atoms with van der Waals surface area (Å²) < 4.78 is 70.8. The third-order valence-electron chi connectivity index (χ3n) is 4.82. The average molecular weight is 414 g/mol. The van der Waals surface area contributed by atoms with Crippen molar-refractivity contribution in [3.05, 3.63) is 58.7 Å². The number of rotatable bonds is 4. The molecule has 0 radical (unpaired) electrons. The Balaban J connectivity index is 1.89. The number of carbonyl (C=O) groups excluding carboxylic acids is 1. The van der Waals surface area contributed by atoms with Gasteiger partial charge in [-0.25, -0.2) is 0 Å². The second kappa shape index (κ2) is 7.62. The van der Waals surface area contributed by atoms with Crippen LogP contribution in [0.1, 0.15) is 27.0 Å². The molecule has 1 heterocycles. The van der Waals surface area contributed by atoms with Gasteiger partial charge >= 0.3 is 12.1 Å². The van der Waals surface area contributed by atoms with Crippen LogP contribution in [0.4, 0.5) is 27.6 Å². The Morgan fingerprint density at radius 3 is 2.45 bits per heavy atom. The summed E-state index contributed by atoms with van der Waals surface area (Å²) in [6.07, 6.45) is -4.95. The molecule has 0 saturated carbocycles. The zero-order chi connectivity index (χ0) is 21.4. The molecule has 0 aromatic heterocycles. The Bertz CT molecular complexity index is 928. The van der Waals surface area contributed by atoms with Gasteiger partial charge in [0.15, 0.2) is 0 Å². The zero-order valence-electron chi connectivity index (χ0n) is 15.7. The van der Waals surface area contributed by atoms with Crippen molar-refractivity contribution in [2.24, 2.45) is 0 Å². The number of amides is 1. The third kappa shape index (κ3) is 4.19. The van der Waals surface area contributed by atoms with Gasteiger partial charge in [0.25, 0.3) is 5.91 Å². The minimum absolute atomic E-state index is 0.334. The molecule has 0 unspecified atom stereocenters. The molecule has 0 fully saturated rings. The number of anilines is 1. The van der Waals surface area contributed by atoms with E-state index in [1.165, 1.54) is 0 Å². The second-order valence-corrected chi connectivity index (χ2v) is 6.91. The van der Waals surface area contributed by atoms with Crippen LogP contribution in [0.2, 0.25) is 0 Å². The summed E-state index contributed by atoms with van der Waals surface area (Å²) in [7, 11) is 2.95. The normalized spacial score (nSPS) is 15.0. The number of hydrogen-bond acceptors (Lipinski definition) is 3. The van der Waals surface area contributed by atoms with E-state index in [1.807, 2.05) is 13.1 Å². The molecule has 0 saturated heterocycles. The highest BCUT2D eigenvalue weighted by Crippen LogP contribution is 2.47. The van der Waals surface area contributed by atoms with E-state index in [0.717, 1.165) is 43.3 Å². The Hall–Kier alpha value is -2.68. The van der Waals surface area contributed by atoms with Crippen molar-refractivity contribution in [1.82, 2.24) is 4.90 Å². The standard InChI is InChI=1S/C20H19F5N2O2/c1-27-8-7-12-3-5-15(9-14(12)11-27)26-18(28)13-4-6-17(29-2)16(10-13)19(21,22)20(23,24)25/h3-6,9-10H,7-8,11H2,1-2H3,(H,26,28). The van der Waals surface area contributed by atoms with Gasteiger partial charge in [0.2, 0.25) is 0 Å². The molecule has 0 spiro atoms. The number of hydrogen-bond donors (Lipinski definition) is 1. The Morgan fingerprint density at radius 1 is 1.07 bits per heavy atom. The first-order valence-corrected chi connectivity index (χ1v) is 8.77. The largest absolute Gasteiger partial charge is 0.496 e. The predicted octanol–water partition coefficient (Wildman–Crippen LogP) is 4.59. The van der Waals surface area contributed by atoms with Crippen LogP contribution in [0.3, 0.4) is 0 Å². The zero-order valence-corrected chi connectivity index (χ0v) is 15.7.